The number of hydrogen-bond acceptors (Lipinski definition) is 5. The number of benzene rings is 2. The third-order valence-electron chi connectivity index (χ3n) is 4.96. The van der Waals surface area contributed by atoms with E-state index in [1.807, 2.05) is 36.1 Å². The van der Waals surface area contributed by atoms with Gasteiger partial charge in [0.1, 0.15) is 17.9 Å². The van der Waals surface area contributed by atoms with E-state index in [1.54, 1.807) is 30.3 Å². The summed E-state index contributed by atoms with van der Waals surface area (Å²) < 4.78 is 5.81. The Bertz CT molecular complexity index is 1060. The summed E-state index contributed by atoms with van der Waals surface area (Å²) >= 11 is 12.2. The number of amides is 1. The molecule has 4 rings (SSSR count). The lowest BCUT2D eigenvalue weighted by Gasteiger charge is -2.40. The first-order chi connectivity index (χ1) is 14.5. The molecule has 0 unspecified atom stereocenters. The van der Waals surface area contributed by atoms with E-state index in [1.165, 1.54) is 6.33 Å². The molecular weight excluding hydrogens is 423 g/mol. The van der Waals surface area contributed by atoms with Gasteiger partial charge in [0.15, 0.2) is 0 Å². The van der Waals surface area contributed by atoms with Gasteiger partial charge in [-0.25, -0.2) is 9.97 Å². The van der Waals surface area contributed by atoms with Gasteiger partial charge in [-0.15, -0.1) is 0 Å². The lowest BCUT2D eigenvalue weighted by Crippen LogP contribution is -2.54. The van der Waals surface area contributed by atoms with Gasteiger partial charge < -0.3 is 14.5 Å². The first kappa shape index (κ1) is 20.4. The number of piperazine rings is 1. The summed E-state index contributed by atoms with van der Waals surface area (Å²) in [6.07, 6.45) is 1.47. The van der Waals surface area contributed by atoms with Crippen LogP contribution in [0.1, 0.15) is 17.3 Å². The molecule has 3 aromatic rings. The highest BCUT2D eigenvalue weighted by Crippen LogP contribution is 2.26. The van der Waals surface area contributed by atoms with Crippen molar-refractivity contribution in [1.82, 2.24) is 14.9 Å². The number of halogens is 2. The third-order valence-corrected chi connectivity index (χ3v) is 5.53. The quantitative estimate of drug-likeness (QED) is 0.573. The Morgan fingerprint density at radius 3 is 2.67 bits per heavy atom. The number of rotatable bonds is 4. The van der Waals surface area contributed by atoms with Crippen molar-refractivity contribution >= 4 is 34.9 Å². The van der Waals surface area contributed by atoms with Gasteiger partial charge in [-0.05, 0) is 37.3 Å². The van der Waals surface area contributed by atoms with E-state index in [4.69, 9.17) is 27.9 Å². The van der Waals surface area contributed by atoms with E-state index in [0.717, 1.165) is 5.82 Å². The lowest BCUT2D eigenvalue weighted by molar-refractivity contribution is 0.0674. The Morgan fingerprint density at radius 1 is 1.07 bits per heavy atom. The van der Waals surface area contributed by atoms with Crippen LogP contribution in [0.5, 0.6) is 11.6 Å². The molecule has 0 radical (unpaired) electrons. The van der Waals surface area contributed by atoms with Crippen molar-refractivity contribution in [3.05, 3.63) is 76.5 Å². The topological polar surface area (TPSA) is 58.6 Å². The zero-order valence-corrected chi connectivity index (χ0v) is 17.8. The maximum Gasteiger partial charge on any atom is 0.255 e. The van der Waals surface area contributed by atoms with E-state index in [9.17, 15) is 4.79 Å². The molecule has 1 atom stereocenters. The molecule has 6 nitrogen and oxygen atoms in total. The first-order valence-corrected chi connectivity index (χ1v) is 10.3. The molecule has 1 amide bonds. The van der Waals surface area contributed by atoms with E-state index < -0.39 is 0 Å². The fraction of sp³-hybridized carbons (Fsp3) is 0.227. The highest BCUT2D eigenvalue weighted by Gasteiger charge is 2.29. The molecule has 8 heteroatoms. The van der Waals surface area contributed by atoms with Crippen LogP contribution in [0.3, 0.4) is 0 Å². The molecule has 0 bridgehead atoms. The lowest BCUT2D eigenvalue weighted by atomic mass is 10.1. The second-order valence-corrected chi connectivity index (χ2v) is 7.89. The molecule has 0 N–H and O–H groups in total. The summed E-state index contributed by atoms with van der Waals surface area (Å²) in [6.45, 7) is 3.88. The van der Waals surface area contributed by atoms with E-state index in [-0.39, 0.29) is 11.9 Å². The average molecular weight is 443 g/mol. The van der Waals surface area contributed by atoms with Crippen LogP contribution in [-0.2, 0) is 0 Å². The van der Waals surface area contributed by atoms with Crippen LogP contribution in [0.25, 0.3) is 0 Å². The zero-order chi connectivity index (χ0) is 21.1. The normalized spacial score (nSPS) is 16.4. The number of carbonyl (C=O) groups excluding carboxylic acids is 1. The molecule has 1 fully saturated rings. The molecule has 0 aliphatic carbocycles. The van der Waals surface area contributed by atoms with Crippen LogP contribution in [0.2, 0.25) is 10.0 Å². The fourth-order valence-corrected chi connectivity index (χ4v) is 3.86. The SMILES string of the molecule is C[C@@H]1CN(c2cc(Oc3cccc(Cl)c3)ncn2)CCN1C(=O)c1ccccc1Cl. The van der Waals surface area contributed by atoms with Crippen molar-refractivity contribution < 1.29 is 9.53 Å². The molecule has 154 valence electrons. The van der Waals surface area contributed by atoms with Crippen LogP contribution in [0.15, 0.2) is 60.9 Å². The smallest absolute Gasteiger partial charge is 0.255 e. The molecule has 1 aromatic heterocycles. The van der Waals surface area contributed by atoms with Crippen molar-refractivity contribution in [1.29, 1.82) is 0 Å². The van der Waals surface area contributed by atoms with Gasteiger partial charge >= 0.3 is 0 Å². The van der Waals surface area contributed by atoms with Gasteiger partial charge in [0.05, 0.1) is 10.6 Å². The van der Waals surface area contributed by atoms with Gasteiger partial charge in [-0.3, -0.25) is 4.79 Å². The minimum Gasteiger partial charge on any atom is -0.439 e. The minimum absolute atomic E-state index is 0.00483. The Balaban J connectivity index is 1.45. The van der Waals surface area contributed by atoms with Crippen LogP contribution >= 0.6 is 23.2 Å². The van der Waals surface area contributed by atoms with Crippen LogP contribution in [0, 0.1) is 0 Å². The van der Waals surface area contributed by atoms with Crippen LogP contribution in [-0.4, -0.2) is 46.5 Å². The van der Waals surface area contributed by atoms with Crippen LogP contribution in [0.4, 0.5) is 5.82 Å². The molecule has 0 saturated carbocycles. The average Bonchev–Trinajstić information content (AvgIpc) is 2.74. The van der Waals surface area contributed by atoms with E-state index >= 15 is 0 Å². The number of carbonyl (C=O) groups is 1. The van der Waals surface area contributed by atoms with Gasteiger partial charge in [-0.2, -0.15) is 0 Å². The van der Waals surface area contributed by atoms with Crippen molar-refractivity contribution in [2.45, 2.75) is 13.0 Å². The number of aromatic nitrogens is 2. The molecule has 2 aromatic carbocycles. The summed E-state index contributed by atoms with van der Waals surface area (Å²) in [5.74, 6) is 1.74. The molecule has 0 spiro atoms. The van der Waals surface area contributed by atoms with Gasteiger partial charge in [0.25, 0.3) is 5.91 Å². The predicted molar refractivity (Wildman–Crippen MR) is 118 cm³/mol. The monoisotopic (exact) mass is 442 g/mol. The van der Waals surface area contributed by atoms with E-state index in [2.05, 4.69) is 14.9 Å². The summed E-state index contributed by atoms with van der Waals surface area (Å²) in [7, 11) is 0. The van der Waals surface area contributed by atoms with E-state index in [0.29, 0.717) is 46.9 Å². The third kappa shape index (κ3) is 4.50. The van der Waals surface area contributed by atoms with Gasteiger partial charge in [-0.1, -0.05) is 41.4 Å². The second-order valence-electron chi connectivity index (χ2n) is 7.05. The van der Waals surface area contributed by atoms with Crippen LogP contribution < -0.4 is 9.64 Å². The first-order valence-electron chi connectivity index (χ1n) is 9.57. The van der Waals surface area contributed by atoms with Gasteiger partial charge in [0.2, 0.25) is 5.88 Å². The maximum absolute atomic E-state index is 12.9. The second kappa shape index (κ2) is 8.90. The molecular formula is C22H20Cl2N4O2. The number of nitrogens with zero attached hydrogens (tertiary/aromatic N) is 4. The molecule has 1 aliphatic rings. The minimum atomic E-state index is -0.0552. The standard InChI is InChI=1S/C22H20Cl2N4O2/c1-15-13-27(9-10-28(15)22(29)18-7-2-3-8-19(18)24)20-12-21(26-14-25-20)30-17-6-4-5-16(23)11-17/h2-8,11-12,14-15H,9-10,13H2,1H3/t15-/m1/s1. The summed E-state index contributed by atoms with van der Waals surface area (Å²) in [4.78, 5) is 25.5. The predicted octanol–water partition coefficient (Wildman–Crippen LogP) is 4.93. The highest BCUT2D eigenvalue weighted by molar-refractivity contribution is 6.33. The largest absolute Gasteiger partial charge is 0.439 e. The summed E-state index contributed by atoms with van der Waals surface area (Å²) in [5.41, 5.74) is 0.527. The summed E-state index contributed by atoms with van der Waals surface area (Å²) in [5, 5.41) is 1.06. The Hall–Kier alpha value is -2.83. The maximum atomic E-state index is 12.9. The Morgan fingerprint density at radius 2 is 1.90 bits per heavy atom. The van der Waals surface area contributed by atoms with Crippen molar-refractivity contribution in [3.63, 3.8) is 0 Å². The zero-order valence-electron chi connectivity index (χ0n) is 16.3. The number of ether oxygens (including phenoxy) is 1. The summed E-state index contributed by atoms with van der Waals surface area (Å²) in [6, 6.07) is 16.1. The highest BCUT2D eigenvalue weighted by atomic mass is 35.5. The number of hydrogen-bond donors (Lipinski definition) is 0. The molecule has 1 saturated heterocycles. The Labute approximate surface area is 185 Å². The fourth-order valence-electron chi connectivity index (χ4n) is 3.47. The molecule has 2 heterocycles. The molecule has 1 aliphatic heterocycles. The number of anilines is 1. The molecule has 30 heavy (non-hydrogen) atoms. The van der Waals surface area contributed by atoms with Gasteiger partial charge in [0, 0.05) is 36.8 Å². The van der Waals surface area contributed by atoms with Crippen molar-refractivity contribution in [2.75, 3.05) is 24.5 Å². The van der Waals surface area contributed by atoms with Crippen molar-refractivity contribution in [3.8, 4) is 11.6 Å². The van der Waals surface area contributed by atoms with Crippen molar-refractivity contribution in [2.24, 2.45) is 0 Å². The Kier molecular flexibility index (Phi) is 6.06.